The smallest absolute Gasteiger partial charge is 0.199 e. The van der Waals surface area contributed by atoms with Gasteiger partial charge in [-0.3, -0.25) is 4.79 Å². The van der Waals surface area contributed by atoms with Crippen LogP contribution in [-0.2, 0) is 0 Å². The molecule has 98 valence electrons. The molecule has 0 radical (unpaired) electrons. The number of hydrogen-bond donors (Lipinski definition) is 1. The van der Waals surface area contributed by atoms with Crippen LogP contribution < -0.4 is 5.73 Å². The van der Waals surface area contributed by atoms with E-state index < -0.39 is 28.8 Å². The largest absolute Gasteiger partial charge is 0.399 e. The summed E-state index contributed by atoms with van der Waals surface area (Å²) in [6.45, 7) is 0. The number of anilines is 1. The minimum Gasteiger partial charge on any atom is -0.399 e. The van der Waals surface area contributed by atoms with Crippen LogP contribution in [0, 0.1) is 17.5 Å². The van der Waals surface area contributed by atoms with Crippen LogP contribution in [0.2, 0.25) is 5.02 Å². The molecule has 2 nitrogen and oxygen atoms in total. The second-order valence-electron chi connectivity index (χ2n) is 3.85. The van der Waals surface area contributed by atoms with Gasteiger partial charge in [0.2, 0.25) is 0 Å². The van der Waals surface area contributed by atoms with Crippen molar-refractivity contribution >= 4 is 23.1 Å². The molecular weight excluding hydrogens is 279 g/mol. The van der Waals surface area contributed by atoms with Crippen molar-refractivity contribution in [2.75, 3.05) is 5.73 Å². The molecule has 2 N–H and O–H groups in total. The molecule has 19 heavy (non-hydrogen) atoms. The van der Waals surface area contributed by atoms with E-state index in [4.69, 9.17) is 17.3 Å². The number of nitrogen functional groups attached to an aromatic ring is 1. The number of ketones is 1. The third-order valence-electron chi connectivity index (χ3n) is 2.42. The Morgan fingerprint density at radius 2 is 1.58 bits per heavy atom. The standard InChI is InChI=1S/C13H7ClF3NO/c14-7-1-6(2-9(18)3-7)13(19)12-10(16)4-8(15)5-11(12)17/h1-5H,18H2. The minimum absolute atomic E-state index is 0.0746. The summed E-state index contributed by atoms with van der Waals surface area (Å²) in [5.41, 5.74) is 4.75. The fourth-order valence-electron chi connectivity index (χ4n) is 1.65. The molecule has 0 heterocycles. The number of rotatable bonds is 2. The highest BCUT2D eigenvalue weighted by atomic mass is 35.5. The molecule has 6 heteroatoms. The van der Waals surface area contributed by atoms with Gasteiger partial charge >= 0.3 is 0 Å². The maximum atomic E-state index is 13.5. The maximum Gasteiger partial charge on any atom is 0.199 e. The van der Waals surface area contributed by atoms with E-state index in [2.05, 4.69) is 0 Å². The molecule has 0 unspecified atom stereocenters. The zero-order valence-corrected chi connectivity index (χ0v) is 10.1. The van der Waals surface area contributed by atoms with Gasteiger partial charge in [0.05, 0.1) is 5.56 Å². The van der Waals surface area contributed by atoms with Crippen LogP contribution in [0.15, 0.2) is 30.3 Å². The lowest BCUT2D eigenvalue weighted by atomic mass is 10.0. The van der Waals surface area contributed by atoms with Crippen molar-refractivity contribution in [2.45, 2.75) is 0 Å². The predicted molar refractivity (Wildman–Crippen MR) is 65.6 cm³/mol. The molecule has 0 atom stereocenters. The predicted octanol–water partition coefficient (Wildman–Crippen LogP) is 3.57. The molecule has 0 aromatic heterocycles. The van der Waals surface area contributed by atoms with Gasteiger partial charge in [-0.05, 0) is 18.2 Å². The van der Waals surface area contributed by atoms with Crippen molar-refractivity contribution in [3.8, 4) is 0 Å². The lowest BCUT2D eigenvalue weighted by Gasteiger charge is -2.06. The Morgan fingerprint density at radius 3 is 2.11 bits per heavy atom. The van der Waals surface area contributed by atoms with Crippen LogP contribution in [0.3, 0.4) is 0 Å². The Kier molecular flexibility index (Phi) is 3.48. The van der Waals surface area contributed by atoms with Crippen molar-refractivity contribution < 1.29 is 18.0 Å². The first-order chi connectivity index (χ1) is 8.88. The Labute approximate surface area is 111 Å². The van der Waals surface area contributed by atoms with E-state index in [9.17, 15) is 18.0 Å². The zero-order valence-electron chi connectivity index (χ0n) is 9.38. The summed E-state index contributed by atoms with van der Waals surface area (Å²) < 4.78 is 39.7. The Hall–Kier alpha value is -2.01. The first kappa shape index (κ1) is 13.4. The molecule has 2 rings (SSSR count). The van der Waals surface area contributed by atoms with Crippen molar-refractivity contribution in [3.05, 3.63) is 63.9 Å². The van der Waals surface area contributed by atoms with Crippen molar-refractivity contribution in [1.29, 1.82) is 0 Å². The summed E-state index contributed by atoms with van der Waals surface area (Å²) in [6.07, 6.45) is 0. The molecule has 0 aliphatic rings. The summed E-state index contributed by atoms with van der Waals surface area (Å²) in [4.78, 5) is 12.0. The third kappa shape index (κ3) is 2.71. The Morgan fingerprint density at radius 1 is 1.00 bits per heavy atom. The summed E-state index contributed by atoms with van der Waals surface area (Å²) in [6, 6.07) is 4.71. The molecular formula is C13H7ClF3NO. The molecule has 0 amide bonds. The molecule has 0 saturated heterocycles. The van der Waals surface area contributed by atoms with Gasteiger partial charge in [0.1, 0.15) is 17.5 Å². The van der Waals surface area contributed by atoms with Gasteiger partial charge in [-0.1, -0.05) is 11.6 Å². The Bertz CT molecular complexity index is 630. The average Bonchev–Trinajstić information content (AvgIpc) is 2.25. The van der Waals surface area contributed by atoms with Gasteiger partial charge in [-0.15, -0.1) is 0 Å². The van der Waals surface area contributed by atoms with Gasteiger partial charge in [-0.2, -0.15) is 0 Å². The number of carbonyl (C=O) groups excluding carboxylic acids is 1. The van der Waals surface area contributed by atoms with E-state index in [1.54, 1.807) is 0 Å². The monoisotopic (exact) mass is 285 g/mol. The van der Waals surface area contributed by atoms with Crippen molar-refractivity contribution in [3.63, 3.8) is 0 Å². The van der Waals surface area contributed by atoms with Crippen LogP contribution in [0.4, 0.5) is 18.9 Å². The van der Waals surface area contributed by atoms with E-state index >= 15 is 0 Å². The van der Waals surface area contributed by atoms with Gasteiger partial charge in [0, 0.05) is 28.4 Å². The number of hydrogen-bond acceptors (Lipinski definition) is 2. The van der Waals surface area contributed by atoms with E-state index in [0.717, 1.165) is 0 Å². The normalized spacial score (nSPS) is 10.5. The first-order valence-electron chi connectivity index (χ1n) is 5.14. The van der Waals surface area contributed by atoms with Crippen LogP contribution in [0.5, 0.6) is 0 Å². The van der Waals surface area contributed by atoms with Crippen LogP contribution in [0.1, 0.15) is 15.9 Å². The number of nitrogens with two attached hydrogens (primary N) is 1. The maximum absolute atomic E-state index is 13.5. The van der Waals surface area contributed by atoms with E-state index in [1.807, 2.05) is 0 Å². The highest BCUT2D eigenvalue weighted by molar-refractivity contribution is 6.31. The van der Waals surface area contributed by atoms with E-state index in [-0.39, 0.29) is 16.3 Å². The molecule has 0 fully saturated rings. The molecule has 0 bridgehead atoms. The van der Waals surface area contributed by atoms with Gasteiger partial charge < -0.3 is 5.73 Å². The average molecular weight is 286 g/mol. The topological polar surface area (TPSA) is 43.1 Å². The molecule has 0 spiro atoms. The van der Waals surface area contributed by atoms with E-state index in [0.29, 0.717) is 12.1 Å². The molecule has 0 aliphatic carbocycles. The second-order valence-corrected chi connectivity index (χ2v) is 4.28. The summed E-state index contributed by atoms with van der Waals surface area (Å²) in [5.74, 6) is -4.61. The number of halogens is 4. The summed E-state index contributed by atoms with van der Waals surface area (Å²) in [7, 11) is 0. The fourth-order valence-corrected chi connectivity index (χ4v) is 1.89. The minimum atomic E-state index is -1.28. The molecule has 0 aliphatic heterocycles. The van der Waals surface area contributed by atoms with Crippen LogP contribution in [0.25, 0.3) is 0 Å². The molecule has 0 saturated carbocycles. The van der Waals surface area contributed by atoms with Crippen molar-refractivity contribution in [2.24, 2.45) is 0 Å². The lowest BCUT2D eigenvalue weighted by Crippen LogP contribution is -2.08. The number of benzene rings is 2. The van der Waals surface area contributed by atoms with Gasteiger partial charge in [0.25, 0.3) is 0 Å². The SMILES string of the molecule is Nc1cc(Cl)cc(C(=O)c2c(F)cc(F)cc2F)c1. The Balaban J connectivity index is 2.56. The van der Waals surface area contributed by atoms with Crippen molar-refractivity contribution in [1.82, 2.24) is 0 Å². The highest BCUT2D eigenvalue weighted by Gasteiger charge is 2.21. The lowest BCUT2D eigenvalue weighted by molar-refractivity contribution is 0.103. The fraction of sp³-hybridized carbons (Fsp3) is 0. The van der Waals surface area contributed by atoms with Gasteiger partial charge in [-0.25, -0.2) is 13.2 Å². The van der Waals surface area contributed by atoms with Crippen LogP contribution >= 0.6 is 11.6 Å². The zero-order chi connectivity index (χ0) is 14.2. The molecule has 2 aromatic carbocycles. The first-order valence-corrected chi connectivity index (χ1v) is 5.51. The third-order valence-corrected chi connectivity index (χ3v) is 2.63. The number of carbonyl (C=O) groups is 1. The molecule has 2 aromatic rings. The summed E-state index contributed by atoms with van der Waals surface area (Å²) >= 11 is 5.71. The second kappa shape index (κ2) is 4.93. The van der Waals surface area contributed by atoms with E-state index in [1.165, 1.54) is 18.2 Å². The van der Waals surface area contributed by atoms with Gasteiger partial charge in [0.15, 0.2) is 5.78 Å². The quantitative estimate of drug-likeness (QED) is 0.677. The summed E-state index contributed by atoms with van der Waals surface area (Å²) in [5, 5.41) is 0.159. The van der Waals surface area contributed by atoms with Crippen LogP contribution in [-0.4, -0.2) is 5.78 Å². The highest BCUT2D eigenvalue weighted by Crippen LogP contribution is 2.22.